The predicted molar refractivity (Wildman–Crippen MR) is 72.4 cm³/mol. The molecule has 2 N–H and O–H groups in total. The third kappa shape index (κ3) is 2.62. The van der Waals surface area contributed by atoms with Gasteiger partial charge < -0.3 is 5.73 Å². The zero-order chi connectivity index (χ0) is 14.8. The van der Waals surface area contributed by atoms with E-state index in [-0.39, 0.29) is 23.1 Å². The van der Waals surface area contributed by atoms with Gasteiger partial charge in [0.2, 0.25) is 14.9 Å². The number of rotatable bonds is 4. The van der Waals surface area contributed by atoms with Gasteiger partial charge in [0.05, 0.1) is 23.9 Å². The first-order chi connectivity index (χ1) is 9.47. The molecule has 0 atom stereocenters. The van der Waals surface area contributed by atoms with Gasteiger partial charge >= 0.3 is 0 Å². The lowest BCUT2D eigenvalue weighted by molar-refractivity contribution is 0.593. The SMILES string of the molecule is CCS(=O)(=O)c1nnn(Cc2cccc(C#N)c2)c1N. The maximum Gasteiger partial charge on any atom is 0.220 e. The van der Waals surface area contributed by atoms with Crippen molar-refractivity contribution in [3.63, 3.8) is 0 Å². The molecule has 1 heterocycles. The Morgan fingerprint density at radius 3 is 2.85 bits per heavy atom. The van der Waals surface area contributed by atoms with Crippen molar-refractivity contribution in [2.75, 3.05) is 11.5 Å². The summed E-state index contributed by atoms with van der Waals surface area (Å²) in [5.74, 6) is -0.0750. The molecule has 2 rings (SSSR count). The topological polar surface area (TPSA) is 115 Å². The van der Waals surface area contributed by atoms with Crippen LogP contribution < -0.4 is 5.73 Å². The molecule has 20 heavy (non-hydrogen) atoms. The molecule has 0 aliphatic heterocycles. The summed E-state index contributed by atoms with van der Waals surface area (Å²) in [6.07, 6.45) is 0. The minimum Gasteiger partial charge on any atom is -0.381 e. The predicted octanol–water partition coefficient (Wildman–Crippen LogP) is 0.574. The van der Waals surface area contributed by atoms with Gasteiger partial charge in [-0.3, -0.25) is 0 Å². The molecule has 1 aromatic carbocycles. The summed E-state index contributed by atoms with van der Waals surface area (Å²) >= 11 is 0. The fourth-order valence-corrected chi connectivity index (χ4v) is 2.55. The highest BCUT2D eigenvalue weighted by atomic mass is 32.2. The van der Waals surface area contributed by atoms with Gasteiger partial charge in [-0.05, 0) is 17.7 Å². The van der Waals surface area contributed by atoms with Gasteiger partial charge in [0.25, 0.3) is 0 Å². The quantitative estimate of drug-likeness (QED) is 0.880. The van der Waals surface area contributed by atoms with Crippen LogP contribution in [-0.4, -0.2) is 29.2 Å². The highest BCUT2D eigenvalue weighted by Crippen LogP contribution is 2.17. The minimum absolute atomic E-state index is 0.00853. The highest BCUT2D eigenvalue weighted by molar-refractivity contribution is 7.91. The molecule has 2 aromatic rings. The van der Waals surface area contributed by atoms with Crippen molar-refractivity contribution in [3.8, 4) is 6.07 Å². The molecule has 0 saturated heterocycles. The second kappa shape index (κ2) is 5.30. The average Bonchev–Trinajstić information content (AvgIpc) is 2.81. The summed E-state index contributed by atoms with van der Waals surface area (Å²) in [5.41, 5.74) is 7.09. The lowest BCUT2D eigenvalue weighted by Crippen LogP contribution is -2.10. The number of hydrogen-bond acceptors (Lipinski definition) is 6. The zero-order valence-corrected chi connectivity index (χ0v) is 11.6. The van der Waals surface area contributed by atoms with Crippen LogP contribution in [-0.2, 0) is 16.4 Å². The number of aromatic nitrogens is 3. The van der Waals surface area contributed by atoms with E-state index in [0.29, 0.717) is 5.56 Å². The normalized spacial score (nSPS) is 11.2. The Hall–Kier alpha value is -2.40. The first-order valence-electron chi connectivity index (χ1n) is 5.88. The van der Waals surface area contributed by atoms with Gasteiger partial charge in [-0.1, -0.05) is 24.3 Å². The summed E-state index contributed by atoms with van der Waals surface area (Å²) in [7, 11) is -3.48. The summed E-state index contributed by atoms with van der Waals surface area (Å²) < 4.78 is 24.8. The van der Waals surface area contributed by atoms with Crippen molar-refractivity contribution in [1.29, 1.82) is 5.26 Å². The maximum absolute atomic E-state index is 11.7. The molecule has 1 aromatic heterocycles. The molecular weight excluding hydrogens is 278 g/mol. The van der Waals surface area contributed by atoms with Gasteiger partial charge in [-0.15, -0.1) is 5.10 Å². The maximum atomic E-state index is 11.7. The Morgan fingerprint density at radius 2 is 2.20 bits per heavy atom. The number of hydrogen-bond donors (Lipinski definition) is 1. The second-order valence-corrected chi connectivity index (χ2v) is 6.35. The molecule has 0 fully saturated rings. The minimum atomic E-state index is -3.48. The fraction of sp³-hybridized carbons (Fsp3) is 0.250. The van der Waals surface area contributed by atoms with Crippen molar-refractivity contribution in [2.24, 2.45) is 0 Å². The average molecular weight is 291 g/mol. The molecule has 7 nitrogen and oxygen atoms in total. The molecule has 0 aliphatic rings. The van der Waals surface area contributed by atoms with Gasteiger partial charge in [-0.2, -0.15) is 5.26 Å². The van der Waals surface area contributed by atoms with Crippen LogP contribution in [0.2, 0.25) is 0 Å². The van der Waals surface area contributed by atoms with Crippen molar-refractivity contribution < 1.29 is 8.42 Å². The Bertz CT molecular complexity index is 773. The second-order valence-electron chi connectivity index (χ2n) is 4.15. The van der Waals surface area contributed by atoms with Gasteiger partial charge in [0, 0.05) is 0 Å². The van der Waals surface area contributed by atoms with Crippen molar-refractivity contribution in [3.05, 3.63) is 35.4 Å². The number of anilines is 1. The molecule has 0 aliphatic carbocycles. The summed E-state index contributed by atoms with van der Waals surface area (Å²) in [6, 6.07) is 8.95. The van der Waals surface area contributed by atoms with Crippen LogP contribution >= 0.6 is 0 Å². The van der Waals surface area contributed by atoms with E-state index in [1.54, 1.807) is 24.3 Å². The van der Waals surface area contributed by atoms with Crippen LogP contribution in [0.5, 0.6) is 0 Å². The fourth-order valence-electron chi connectivity index (χ4n) is 1.69. The van der Waals surface area contributed by atoms with E-state index in [2.05, 4.69) is 10.3 Å². The van der Waals surface area contributed by atoms with Crippen LogP contribution in [0.3, 0.4) is 0 Å². The van der Waals surface area contributed by atoms with Gasteiger partial charge in [0.15, 0.2) is 5.82 Å². The molecule has 0 radical (unpaired) electrons. The Balaban J connectivity index is 2.34. The Labute approximate surface area is 116 Å². The third-order valence-electron chi connectivity index (χ3n) is 2.80. The number of sulfone groups is 1. The number of nitriles is 1. The van der Waals surface area contributed by atoms with Crippen LogP contribution in [0, 0.1) is 11.3 Å². The molecule has 0 amide bonds. The molecule has 0 bridgehead atoms. The van der Waals surface area contributed by atoms with Gasteiger partial charge in [0.1, 0.15) is 0 Å². The van der Waals surface area contributed by atoms with E-state index in [1.807, 2.05) is 6.07 Å². The zero-order valence-electron chi connectivity index (χ0n) is 10.8. The highest BCUT2D eigenvalue weighted by Gasteiger charge is 2.22. The summed E-state index contributed by atoms with van der Waals surface area (Å²) in [4.78, 5) is 0. The molecule has 104 valence electrons. The van der Waals surface area contributed by atoms with E-state index in [9.17, 15) is 8.42 Å². The van der Waals surface area contributed by atoms with E-state index >= 15 is 0 Å². The number of nitrogens with zero attached hydrogens (tertiary/aromatic N) is 4. The standard InChI is InChI=1S/C12H13N5O2S/c1-2-20(18,19)12-11(14)17(16-15-12)8-10-5-3-4-9(6-10)7-13/h3-6H,2,8,14H2,1H3. The van der Waals surface area contributed by atoms with Crippen LogP contribution in [0.4, 0.5) is 5.82 Å². The molecule has 0 saturated carbocycles. The van der Waals surface area contributed by atoms with E-state index in [0.717, 1.165) is 5.56 Å². The Kier molecular flexibility index (Phi) is 3.72. The van der Waals surface area contributed by atoms with Crippen LogP contribution in [0.15, 0.2) is 29.3 Å². The first-order valence-corrected chi connectivity index (χ1v) is 7.54. The largest absolute Gasteiger partial charge is 0.381 e. The molecule has 0 unspecified atom stereocenters. The van der Waals surface area contributed by atoms with Crippen LogP contribution in [0.1, 0.15) is 18.1 Å². The number of nitrogens with two attached hydrogens (primary N) is 1. The van der Waals surface area contributed by atoms with Crippen molar-refractivity contribution >= 4 is 15.7 Å². The number of nitrogen functional groups attached to an aromatic ring is 1. The van der Waals surface area contributed by atoms with E-state index in [1.165, 1.54) is 11.6 Å². The molecular formula is C12H13N5O2S. The van der Waals surface area contributed by atoms with Crippen LogP contribution in [0.25, 0.3) is 0 Å². The first kappa shape index (κ1) is 14.0. The monoisotopic (exact) mass is 291 g/mol. The van der Waals surface area contributed by atoms with E-state index < -0.39 is 9.84 Å². The van der Waals surface area contributed by atoms with Crippen molar-refractivity contribution in [1.82, 2.24) is 15.0 Å². The van der Waals surface area contributed by atoms with Crippen molar-refractivity contribution in [2.45, 2.75) is 18.5 Å². The summed E-state index contributed by atoms with van der Waals surface area (Å²) in [5, 5.41) is 16.0. The Morgan fingerprint density at radius 1 is 1.45 bits per heavy atom. The number of benzene rings is 1. The lowest BCUT2D eigenvalue weighted by Gasteiger charge is -2.04. The van der Waals surface area contributed by atoms with E-state index in [4.69, 9.17) is 11.0 Å². The molecule has 0 spiro atoms. The third-order valence-corrected chi connectivity index (χ3v) is 4.44. The smallest absolute Gasteiger partial charge is 0.220 e. The van der Waals surface area contributed by atoms with Gasteiger partial charge in [-0.25, -0.2) is 13.1 Å². The summed E-state index contributed by atoms with van der Waals surface area (Å²) in [6.45, 7) is 1.78. The molecule has 8 heteroatoms. The lowest BCUT2D eigenvalue weighted by atomic mass is 10.1.